The van der Waals surface area contributed by atoms with E-state index >= 15 is 4.39 Å². The fraction of sp³-hybridized carbons (Fsp3) is 0.900. The quantitative estimate of drug-likeness (QED) is 0.134. The molecule has 0 aromatic carbocycles. The Morgan fingerprint density at radius 1 is 1.29 bits per heavy atom. The third-order valence-electron chi connectivity index (χ3n) is 6.94. The van der Waals surface area contributed by atoms with E-state index in [-0.39, 0.29) is 24.7 Å². The number of aliphatic hydroxyl groups excluding tert-OH is 1. The summed E-state index contributed by atoms with van der Waals surface area (Å²) >= 11 is 0. The van der Waals surface area contributed by atoms with Gasteiger partial charge in [0.25, 0.3) is 0 Å². The number of halogens is 1. The van der Waals surface area contributed by atoms with Crippen molar-refractivity contribution < 1.29 is 24.4 Å². The van der Waals surface area contributed by atoms with Gasteiger partial charge in [-0.2, -0.15) is 0 Å². The molecule has 8 N–H and O–H groups in total. The first-order chi connectivity index (χ1) is 14.8. The van der Waals surface area contributed by atoms with Gasteiger partial charge >= 0.3 is 0 Å². The number of hydrogen-bond acceptors (Lipinski definition) is 9. The number of alkyl halides is 1. The van der Waals surface area contributed by atoms with E-state index in [9.17, 15) is 15.3 Å². The minimum absolute atomic E-state index is 0.0779. The van der Waals surface area contributed by atoms with Gasteiger partial charge in [-0.05, 0) is 44.6 Å². The first-order valence-corrected chi connectivity index (χ1v) is 11.4. The van der Waals surface area contributed by atoms with E-state index in [0.29, 0.717) is 25.4 Å². The Balaban J connectivity index is 1.47. The molecule has 4 rings (SSSR count). The zero-order valence-electron chi connectivity index (χ0n) is 17.8. The minimum atomic E-state index is -2.55. The summed E-state index contributed by atoms with van der Waals surface area (Å²) in [5.41, 5.74) is 1.15. The number of hydrogen-bond donors (Lipinski definition) is 8. The van der Waals surface area contributed by atoms with Crippen molar-refractivity contribution in [3.05, 3.63) is 11.6 Å². The lowest BCUT2D eigenvalue weighted by atomic mass is 9.71. The van der Waals surface area contributed by atoms with E-state index < -0.39 is 30.5 Å². The van der Waals surface area contributed by atoms with Crippen molar-refractivity contribution in [2.45, 2.75) is 74.7 Å². The summed E-state index contributed by atoms with van der Waals surface area (Å²) in [4.78, 5) is 0. The van der Waals surface area contributed by atoms with E-state index in [1.165, 1.54) is 0 Å². The first kappa shape index (κ1) is 23.5. The van der Waals surface area contributed by atoms with Crippen molar-refractivity contribution in [3.8, 4) is 0 Å². The van der Waals surface area contributed by atoms with Crippen molar-refractivity contribution in [1.29, 1.82) is 0 Å². The van der Waals surface area contributed by atoms with Crippen LogP contribution in [0, 0.1) is 11.8 Å². The summed E-state index contributed by atoms with van der Waals surface area (Å²) < 4.78 is 22.0. The molecule has 0 spiro atoms. The van der Waals surface area contributed by atoms with Crippen molar-refractivity contribution in [2.75, 3.05) is 26.3 Å². The van der Waals surface area contributed by atoms with Crippen LogP contribution in [0.1, 0.15) is 32.1 Å². The highest BCUT2D eigenvalue weighted by Crippen LogP contribution is 2.44. The molecule has 174 valence electrons. The standard InChI is InChI=1S/C20H35BFN5O4/c21-20(29,30)27-15-9-13(10-28)24-19(26-15)25-14-8-12-4-7-31-18(12)16(17(14)22)11-2-1-5-23-6-3-11/h3,12-19,23-30H,1-2,4-10H2. The minimum Gasteiger partial charge on any atom is -0.395 e. The summed E-state index contributed by atoms with van der Waals surface area (Å²) in [7, 11) is 5.25. The summed E-state index contributed by atoms with van der Waals surface area (Å²) in [5, 5.41) is 44.1. The Labute approximate surface area is 184 Å². The molecule has 11 heteroatoms. The fourth-order valence-corrected chi connectivity index (χ4v) is 5.60. The Morgan fingerprint density at radius 3 is 2.90 bits per heavy atom. The molecule has 8 unspecified atom stereocenters. The van der Waals surface area contributed by atoms with Crippen molar-refractivity contribution >= 4 is 7.85 Å². The molecule has 3 aliphatic heterocycles. The van der Waals surface area contributed by atoms with Gasteiger partial charge < -0.3 is 25.4 Å². The molecule has 4 aliphatic rings. The first-order valence-electron chi connectivity index (χ1n) is 11.4. The maximum Gasteiger partial charge on any atom is 0.178 e. The topological polar surface area (TPSA) is 130 Å². The average Bonchev–Trinajstić information content (AvgIpc) is 3.00. The van der Waals surface area contributed by atoms with Crippen LogP contribution in [0.2, 0.25) is 0 Å². The smallest absolute Gasteiger partial charge is 0.178 e. The molecule has 1 aliphatic carbocycles. The molecule has 3 heterocycles. The predicted octanol–water partition coefficient (Wildman–Crippen LogP) is -2.07. The zero-order valence-corrected chi connectivity index (χ0v) is 17.8. The second kappa shape index (κ2) is 10.1. The SMILES string of the molecule is [B]C(O)(O)NC1CC(CO)NC(NC2CC3CCOC3C(C3=CCNCCC3)C2F)N1. The monoisotopic (exact) mass is 439 g/mol. The molecule has 1 saturated carbocycles. The zero-order chi connectivity index (χ0) is 22.0. The lowest BCUT2D eigenvalue weighted by Gasteiger charge is -2.45. The van der Waals surface area contributed by atoms with Gasteiger partial charge in [-0.15, -0.1) is 0 Å². The van der Waals surface area contributed by atoms with E-state index in [2.05, 4.69) is 32.7 Å². The van der Waals surface area contributed by atoms with Crippen molar-refractivity contribution in [1.82, 2.24) is 26.6 Å². The average molecular weight is 439 g/mol. The van der Waals surface area contributed by atoms with Crippen molar-refractivity contribution in [2.24, 2.45) is 11.8 Å². The van der Waals surface area contributed by atoms with Crippen LogP contribution >= 0.6 is 0 Å². The van der Waals surface area contributed by atoms with Crippen LogP contribution < -0.4 is 26.6 Å². The molecule has 0 bridgehead atoms. The summed E-state index contributed by atoms with van der Waals surface area (Å²) in [6, 6.07) is -0.715. The Kier molecular flexibility index (Phi) is 7.67. The van der Waals surface area contributed by atoms with Crippen LogP contribution in [0.25, 0.3) is 0 Å². The highest BCUT2D eigenvalue weighted by Gasteiger charge is 2.49. The Morgan fingerprint density at radius 2 is 2.13 bits per heavy atom. The van der Waals surface area contributed by atoms with Crippen LogP contribution in [0.3, 0.4) is 0 Å². The van der Waals surface area contributed by atoms with E-state index in [1.807, 2.05) is 0 Å². The van der Waals surface area contributed by atoms with Crippen LogP contribution in [0.5, 0.6) is 0 Å². The number of fused-ring (bicyclic) bond motifs is 1. The number of rotatable bonds is 6. The van der Waals surface area contributed by atoms with Gasteiger partial charge in [-0.3, -0.25) is 21.3 Å². The molecule has 3 fully saturated rings. The lowest BCUT2D eigenvalue weighted by Crippen LogP contribution is -2.72. The molecule has 2 radical (unpaired) electrons. The van der Waals surface area contributed by atoms with Gasteiger partial charge in [0.15, 0.2) is 13.7 Å². The number of nitrogens with one attached hydrogen (secondary N) is 5. The third kappa shape index (κ3) is 5.84. The largest absolute Gasteiger partial charge is 0.395 e. The summed E-state index contributed by atoms with van der Waals surface area (Å²) in [5.74, 6) is -2.52. The molecule has 8 atom stereocenters. The fourth-order valence-electron chi connectivity index (χ4n) is 5.60. The highest BCUT2D eigenvalue weighted by atomic mass is 19.1. The molecular formula is C20H35BFN5O4. The third-order valence-corrected chi connectivity index (χ3v) is 6.94. The number of aliphatic hydroxyl groups is 3. The van der Waals surface area contributed by atoms with Gasteiger partial charge in [0.2, 0.25) is 0 Å². The summed E-state index contributed by atoms with van der Waals surface area (Å²) in [6.45, 7) is 2.22. The molecule has 31 heavy (non-hydrogen) atoms. The summed E-state index contributed by atoms with van der Waals surface area (Å²) in [6.07, 6.45) is 3.67. The van der Waals surface area contributed by atoms with Gasteiger partial charge in [0.05, 0.1) is 18.9 Å². The van der Waals surface area contributed by atoms with Gasteiger partial charge in [-0.25, -0.2) is 4.39 Å². The van der Waals surface area contributed by atoms with E-state index in [1.54, 1.807) is 0 Å². The van der Waals surface area contributed by atoms with Crippen LogP contribution in [-0.2, 0) is 4.74 Å². The van der Waals surface area contributed by atoms with Crippen LogP contribution in [0.15, 0.2) is 11.6 Å². The normalized spacial score (nSPS) is 42.0. The molecule has 9 nitrogen and oxygen atoms in total. The van der Waals surface area contributed by atoms with E-state index in [4.69, 9.17) is 12.6 Å². The molecule has 0 aromatic heterocycles. The Bertz CT molecular complexity index is 639. The lowest BCUT2D eigenvalue weighted by molar-refractivity contribution is -0.125. The van der Waals surface area contributed by atoms with Gasteiger partial charge in [0, 0.05) is 31.2 Å². The Hall–Kier alpha value is -0.625. The molecule has 2 saturated heterocycles. The van der Waals surface area contributed by atoms with Crippen LogP contribution in [-0.4, -0.2) is 92.1 Å². The van der Waals surface area contributed by atoms with Crippen LogP contribution in [0.4, 0.5) is 4.39 Å². The second-order valence-electron chi connectivity index (χ2n) is 9.25. The molecule has 0 amide bonds. The maximum atomic E-state index is 15.9. The second-order valence-corrected chi connectivity index (χ2v) is 9.25. The van der Waals surface area contributed by atoms with Gasteiger partial charge in [-0.1, -0.05) is 11.6 Å². The van der Waals surface area contributed by atoms with E-state index in [0.717, 1.165) is 37.9 Å². The molecular weight excluding hydrogens is 404 g/mol. The van der Waals surface area contributed by atoms with Crippen molar-refractivity contribution in [3.63, 3.8) is 0 Å². The maximum absolute atomic E-state index is 15.9. The highest BCUT2D eigenvalue weighted by molar-refractivity contribution is 6.12. The predicted molar refractivity (Wildman–Crippen MR) is 113 cm³/mol. The van der Waals surface area contributed by atoms with Gasteiger partial charge in [0.1, 0.15) is 12.5 Å². The number of ether oxygens (including phenoxy) is 1. The molecule has 0 aromatic rings.